The fraction of sp³-hybridized carbons (Fsp3) is 0.385. The number of carboxylic acids is 1. The van der Waals surface area contributed by atoms with Gasteiger partial charge in [-0.25, -0.2) is 4.79 Å². The van der Waals surface area contributed by atoms with Gasteiger partial charge in [-0.05, 0) is 41.8 Å². The maximum absolute atomic E-state index is 12.6. The molecule has 1 aromatic carbocycles. The Kier molecular flexibility index (Phi) is 3.99. The molecule has 1 amide bonds. The quantitative estimate of drug-likeness (QED) is 0.661. The van der Waals surface area contributed by atoms with Gasteiger partial charge < -0.3 is 10.0 Å². The normalized spacial score (nSPS) is 21.3. The van der Waals surface area contributed by atoms with Crippen molar-refractivity contribution < 1.29 is 19.6 Å². The largest absolute Gasteiger partial charge is 0.480 e. The topological polar surface area (TPSA) is 101 Å². The molecule has 1 heterocycles. The molecule has 0 aliphatic carbocycles. The van der Waals surface area contributed by atoms with Crippen molar-refractivity contribution in [3.63, 3.8) is 0 Å². The third-order valence-corrected chi connectivity index (χ3v) is 4.43. The van der Waals surface area contributed by atoms with Gasteiger partial charge in [0.1, 0.15) is 5.54 Å². The molecule has 1 unspecified atom stereocenters. The van der Waals surface area contributed by atoms with E-state index in [0.717, 1.165) is 6.07 Å². The second-order valence-corrected chi connectivity index (χ2v) is 5.91. The lowest BCUT2D eigenvalue weighted by Crippen LogP contribution is -2.50. The molecular formula is C13H13BrN2O5. The lowest BCUT2D eigenvalue weighted by molar-refractivity contribution is -0.384. The molecule has 1 aliphatic rings. The van der Waals surface area contributed by atoms with Crippen LogP contribution in [0.15, 0.2) is 22.7 Å². The van der Waals surface area contributed by atoms with Crippen LogP contribution in [0.2, 0.25) is 0 Å². The van der Waals surface area contributed by atoms with Gasteiger partial charge in [-0.3, -0.25) is 14.9 Å². The Morgan fingerprint density at radius 3 is 2.71 bits per heavy atom. The summed E-state index contributed by atoms with van der Waals surface area (Å²) in [6, 6.07) is 3.85. The number of nitro benzene ring substituents is 1. The van der Waals surface area contributed by atoms with Gasteiger partial charge in [-0.15, -0.1) is 0 Å². The van der Waals surface area contributed by atoms with Gasteiger partial charge in [0.25, 0.3) is 11.6 Å². The van der Waals surface area contributed by atoms with Crippen molar-refractivity contribution in [1.29, 1.82) is 0 Å². The number of carbonyl (C=O) groups is 2. The summed E-state index contributed by atoms with van der Waals surface area (Å²) < 4.78 is 0.401. The fourth-order valence-corrected chi connectivity index (χ4v) is 2.86. The van der Waals surface area contributed by atoms with Gasteiger partial charge in [0.05, 0.1) is 10.5 Å². The van der Waals surface area contributed by atoms with Crippen molar-refractivity contribution >= 4 is 33.5 Å². The van der Waals surface area contributed by atoms with Gasteiger partial charge in [0.15, 0.2) is 0 Å². The SMILES string of the molecule is CC1(C(=O)O)CCCN1C(=O)c1cc([N+](=O)[O-])ccc1Br. The summed E-state index contributed by atoms with van der Waals surface area (Å²) in [6.07, 6.45) is 0.946. The van der Waals surface area contributed by atoms with E-state index in [-0.39, 0.29) is 11.3 Å². The van der Waals surface area contributed by atoms with Crippen molar-refractivity contribution in [3.8, 4) is 0 Å². The average molecular weight is 357 g/mol. The average Bonchev–Trinajstić information content (AvgIpc) is 2.81. The predicted molar refractivity (Wildman–Crippen MR) is 77.1 cm³/mol. The second kappa shape index (κ2) is 5.44. The van der Waals surface area contributed by atoms with Crippen molar-refractivity contribution in [2.45, 2.75) is 25.3 Å². The zero-order chi connectivity index (χ0) is 15.8. The molecule has 1 fully saturated rings. The number of hydrogen-bond donors (Lipinski definition) is 1. The van der Waals surface area contributed by atoms with E-state index in [2.05, 4.69) is 15.9 Å². The van der Waals surface area contributed by atoms with E-state index in [1.807, 2.05) is 0 Å². The second-order valence-electron chi connectivity index (χ2n) is 5.06. The molecule has 112 valence electrons. The molecule has 0 aromatic heterocycles. The Balaban J connectivity index is 2.42. The van der Waals surface area contributed by atoms with E-state index in [1.165, 1.54) is 24.0 Å². The first-order valence-corrected chi connectivity index (χ1v) is 7.06. The highest BCUT2D eigenvalue weighted by atomic mass is 79.9. The molecule has 7 nitrogen and oxygen atoms in total. The van der Waals surface area contributed by atoms with Crippen LogP contribution in [0.25, 0.3) is 0 Å². The highest BCUT2D eigenvalue weighted by Gasteiger charge is 2.46. The van der Waals surface area contributed by atoms with Crippen LogP contribution in [0.1, 0.15) is 30.1 Å². The van der Waals surface area contributed by atoms with E-state index in [0.29, 0.717) is 23.9 Å². The minimum Gasteiger partial charge on any atom is -0.480 e. The maximum Gasteiger partial charge on any atom is 0.329 e. The number of likely N-dealkylation sites (tertiary alicyclic amines) is 1. The number of rotatable bonds is 3. The number of benzene rings is 1. The third kappa shape index (κ3) is 2.63. The Hall–Kier alpha value is -1.96. The highest BCUT2D eigenvalue weighted by Crippen LogP contribution is 2.33. The summed E-state index contributed by atoms with van der Waals surface area (Å²) in [5.41, 5.74) is -1.39. The molecule has 0 bridgehead atoms. The van der Waals surface area contributed by atoms with Crippen LogP contribution >= 0.6 is 15.9 Å². The molecule has 21 heavy (non-hydrogen) atoms. The first kappa shape index (κ1) is 15.4. The van der Waals surface area contributed by atoms with Gasteiger partial charge >= 0.3 is 5.97 Å². The fourth-order valence-electron chi connectivity index (χ4n) is 2.45. The van der Waals surface area contributed by atoms with Crippen LogP contribution in [-0.4, -0.2) is 38.9 Å². The summed E-state index contributed by atoms with van der Waals surface area (Å²) in [4.78, 5) is 35.5. The predicted octanol–water partition coefficient (Wildman–Crippen LogP) is 2.44. The number of aliphatic carboxylic acids is 1. The first-order chi connectivity index (χ1) is 9.77. The standard InChI is InChI=1S/C13H13BrN2O5/c1-13(12(18)19)5-2-6-15(13)11(17)9-7-8(16(20)21)3-4-10(9)14/h3-4,7H,2,5-6H2,1H3,(H,18,19). The zero-order valence-corrected chi connectivity index (χ0v) is 12.8. The molecule has 1 aliphatic heterocycles. The molecule has 0 radical (unpaired) electrons. The zero-order valence-electron chi connectivity index (χ0n) is 11.2. The van der Waals surface area contributed by atoms with Crippen molar-refractivity contribution in [1.82, 2.24) is 4.90 Å². The number of amides is 1. The number of halogens is 1. The Morgan fingerprint density at radius 2 is 2.14 bits per heavy atom. The van der Waals surface area contributed by atoms with Crippen LogP contribution in [-0.2, 0) is 4.79 Å². The Morgan fingerprint density at radius 1 is 1.48 bits per heavy atom. The summed E-state index contributed by atoms with van der Waals surface area (Å²) in [7, 11) is 0. The van der Waals surface area contributed by atoms with E-state index >= 15 is 0 Å². The number of non-ortho nitro benzene ring substituents is 1. The number of carboxylic acid groups (broad SMARTS) is 1. The lowest BCUT2D eigenvalue weighted by atomic mass is 9.98. The number of carbonyl (C=O) groups excluding carboxylic acids is 1. The molecule has 0 saturated carbocycles. The monoisotopic (exact) mass is 356 g/mol. The van der Waals surface area contributed by atoms with Crippen LogP contribution in [0.3, 0.4) is 0 Å². The summed E-state index contributed by atoms with van der Waals surface area (Å²) in [5, 5.41) is 20.2. The number of nitro groups is 1. The molecule has 1 atom stereocenters. The molecule has 2 rings (SSSR count). The van der Waals surface area contributed by atoms with Crippen LogP contribution in [0.4, 0.5) is 5.69 Å². The molecule has 1 saturated heterocycles. The number of nitrogens with zero attached hydrogens (tertiary/aromatic N) is 2. The van der Waals surface area contributed by atoms with Gasteiger partial charge in [0, 0.05) is 23.2 Å². The molecule has 8 heteroatoms. The van der Waals surface area contributed by atoms with Crippen molar-refractivity contribution in [2.24, 2.45) is 0 Å². The van der Waals surface area contributed by atoms with Crippen molar-refractivity contribution in [2.75, 3.05) is 6.54 Å². The van der Waals surface area contributed by atoms with Gasteiger partial charge in [-0.1, -0.05) is 0 Å². The van der Waals surface area contributed by atoms with Crippen LogP contribution < -0.4 is 0 Å². The van der Waals surface area contributed by atoms with Crippen LogP contribution in [0.5, 0.6) is 0 Å². The highest BCUT2D eigenvalue weighted by molar-refractivity contribution is 9.10. The summed E-state index contributed by atoms with van der Waals surface area (Å²) >= 11 is 3.18. The minimum absolute atomic E-state index is 0.0959. The van der Waals surface area contributed by atoms with Gasteiger partial charge in [-0.2, -0.15) is 0 Å². The summed E-state index contributed by atoms with van der Waals surface area (Å²) in [5.74, 6) is -1.59. The molecular weight excluding hydrogens is 344 g/mol. The van der Waals surface area contributed by atoms with E-state index < -0.39 is 22.3 Å². The summed E-state index contributed by atoms with van der Waals surface area (Å²) in [6.45, 7) is 1.81. The minimum atomic E-state index is -1.28. The molecule has 0 spiro atoms. The lowest BCUT2D eigenvalue weighted by Gasteiger charge is -2.31. The molecule has 1 N–H and O–H groups in total. The van der Waals surface area contributed by atoms with E-state index in [1.54, 1.807) is 0 Å². The van der Waals surface area contributed by atoms with Crippen LogP contribution in [0, 0.1) is 10.1 Å². The smallest absolute Gasteiger partial charge is 0.329 e. The van der Waals surface area contributed by atoms with Gasteiger partial charge in [0.2, 0.25) is 0 Å². The number of hydrogen-bond acceptors (Lipinski definition) is 4. The third-order valence-electron chi connectivity index (χ3n) is 3.74. The van der Waals surface area contributed by atoms with Crippen molar-refractivity contribution in [3.05, 3.63) is 38.3 Å². The first-order valence-electron chi connectivity index (χ1n) is 6.26. The maximum atomic E-state index is 12.6. The van der Waals surface area contributed by atoms with E-state index in [9.17, 15) is 24.8 Å². The molecule has 1 aromatic rings. The Labute approximate surface area is 128 Å². The van der Waals surface area contributed by atoms with E-state index in [4.69, 9.17) is 0 Å². The Bertz CT molecular complexity index is 633.